The van der Waals surface area contributed by atoms with E-state index in [0.717, 1.165) is 13.0 Å². The Morgan fingerprint density at radius 3 is 2.73 bits per heavy atom. The van der Waals surface area contributed by atoms with Gasteiger partial charge in [-0.25, -0.2) is 0 Å². The van der Waals surface area contributed by atoms with E-state index in [-0.39, 0.29) is 5.41 Å². The molecule has 0 aliphatic heterocycles. The first-order chi connectivity index (χ1) is 5.23. The molecule has 1 unspecified atom stereocenters. The Labute approximate surface area is 72.2 Å². The Morgan fingerprint density at radius 1 is 1.64 bits per heavy atom. The number of nitrogens with two attached hydrogens (primary N) is 1. The van der Waals surface area contributed by atoms with Crippen molar-refractivity contribution in [1.82, 2.24) is 0 Å². The fourth-order valence-corrected chi connectivity index (χ4v) is 1.89. The molecule has 0 amide bonds. The van der Waals surface area contributed by atoms with Crippen molar-refractivity contribution >= 4 is 11.3 Å². The molecule has 1 aromatic heterocycles. The summed E-state index contributed by atoms with van der Waals surface area (Å²) in [6.45, 7) is 5.14. The molecule has 1 rings (SSSR count). The summed E-state index contributed by atoms with van der Waals surface area (Å²) in [6, 6.07) is 2.17. The van der Waals surface area contributed by atoms with Crippen molar-refractivity contribution in [3.8, 4) is 0 Å². The van der Waals surface area contributed by atoms with Crippen LogP contribution in [0.15, 0.2) is 16.8 Å². The van der Waals surface area contributed by atoms with Crippen molar-refractivity contribution in [3.05, 3.63) is 22.4 Å². The summed E-state index contributed by atoms with van der Waals surface area (Å²) in [5.41, 5.74) is 7.29. The topological polar surface area (TPSA) is 26.0 Å². The van der Waals surface area contributed by atoms with Gasteiger partial charge >= 0.3 is 0 Å². The molecule has 2 heteroatoms. The maximum Gasteiger partial charge on any atom is 0.00529 e. The van der Waals surface area contributed by atoms with Crippen LogP contribution in [0, 0.1) is 0 Å². The van der Waals surface area contributed by atoms with Crippen molar-refractivity contribution in [2.75, 3.05) is 6.54 Å². The van der Waals surface area contributed by atoms with E-state index >= 15 is 0 Å². The minimum atomic E-state index is 0.194. The molecule has 0 fully saturated rings. The summed E-state index contributed by atoms with van der Waals surface area (Å²) >= 11 is 1.74. The van der Waals surface area contributed by atoms with Gasteiger partial charge in [-0.3, -0.25) is 0 Å². The molecule has 0 aromatic carbocycles. The van der Waals surface area contributed by atoms with Gasteiger partial charge in [0.2, 0.25) is 0 Å². The summed E-state index contributed by atoms with van der Waals surface area (Å²) in [6.07, 6.45) is 1.11. The lowest BCUT2D eigenvalue weighted by atomic mass is 9.82. The van der Waals surface area contributed by atoms with Crippen LogP contribution in [0.5, 0.6) is 0 Å². The van der Waals surface area contributed by atoms with Crippen molar-refractivity contribution < 1.29 is 0 Å². The Balaban J connectivity index is 2.87. The van der Waals surface area contributed by atoms with Gasteiger partial charge in [0.1, 0.15) is 0 Å². The first kappa shape index (κ1) is 8.75. The average molecular weight is 169 g/mol. The number of rotatable bonds is 3. The van der Waals surface area contributed by atoms with Gasteiger partial charge in [-0.05, 0) is 28.8 Å². The lowest BCUT2D eigenvalue weighted by Gasteiger charge is -2.25. The predicted molar refractivity (Wildman–Crippen MR) is 51.0 cm³/mol. The molecule has 1 atom stereocenters. The van der Waals surface area contributed by atoms with Crippen LogP contribution in [-0.4, -0.2) is 6.54 Å². The molecule has 62 valence electrons. The van der Waals surface area contributed by atoms with Crippen LogP contribution in [-0.2, 0) is 5.41 Å². The van der Waals surface area contributed by atoms with Gasteiger partial charge < -0.3 is 5.73 Å². The monoisotopic (exact) mass is 169 g/mol. The maximum absolute atomic E-state index is 5.71. The highest BCUT2D eigenvalue weighted by Gasteiger charge is 2.22. The lowest BCUT2D eigenvalue weighted by molar-refractivity contribution is 0.469. The van der Waals surface area contributed by atoms with Crippen molar-refractivity contribution in [3.63, 3.8) is 0 Å². The zero-order chi connectivity index (χ0) is 8.32. The molecule has 0 saturated heterocycles. The second-order valence-corrected chi connectivity index (χ2v) is 3.91. The van der Waals surface area contributed by atoms with Crippen LogP contribution in [0.25, 0.3) is 0 Å². The summed E-state index contributed by atoms with van der Waals surface area (Å²) in [5, 5.41) is 4.30. The number of hydrogen-bond donors (Lipinski definition) is 1. The quantitative estimate of drug-likeness (QED) is 0.738. The van der Waals surface area contributed by atoms with Crippen molar-refractivity contribution in [2.24, 2.45) is 5.73 Å². The summed E-state index contributed by atoms with van der Waals surface area (Å²) in [7, 11) is 0. The van der Waals surface area contributed by atoms with Crippen LogP contribution >= 0.6 is 11.3 Å². The molecule has 0 bridgehead atoms. The smallest absolute Gasteiger partial charge is 0.00529 e. The molecular formula is C9H15NS. The highest BCUT2D eigenvalue weighted by atomic mass is 32.1. The van der Waals surface area contributed by atoms with Crippen LogP contribution in [0.2, 0.25) is 0 Å². The third-order valence-corrected chi connectivity index (χ3v) is 3.13. The van der Waals surface area contributed by atoms with E-state index in [4.69, 9.17) is 5.73 Å². The van der Waals surface area contributed by atoms with Gasteiger partial charge in [0.05, 0.1) is 0 Å². The molecule has 0 radical (unpaired) electrons. The molecule has 0 aliphatic carbocycles. The zero-order valence-corrected chi connectivity index (χ0v) is 7.95. The van der Waals surface area contributed by atoms with Gasteiger partial charge in [-0.2, -0.15) is 11.3 Å². The highest BCUT2D eigenvalue weighted by molar-refractivity contribution is 7.08. The van der Waals surface area contributed by atoms with E-state index in [9.17, 15) is 0 Å². The molecular weight excluding hydrogens is 154 g/mol. The third-order valence-electron chi connectivity index (χ3n) is 2.45. The molecule has 1 nitrogen and oxygen atoms in total. The van der Waals surface area contributed by atoms with Gasteiger partial charge in [-0.1, -0.05) is 13.8 Å². The number of hydrogen-bond acceptors (Lipinski definition) is 2. The van der Waals surface area contributed by atoms with E-state index in [2.05, 4.69) is 30.7 Å². The van der Waals surface area contributed by atoms with Gasteiger partial charge in [0.25, 0.3) is 0 Å². The summed E-state index contributed by atoms with van der Waals surface area (Å²) < 4.78 is 0. The predicted octanol–water partition coefficient (Wildman–Crippen LogP) is 2.37. The second kappa shape index (κ2) is 3.37. The normalized spacial score (nSPS) is 16.3. The fourth-order valence-electron chi connectivity index (χ4n) is 1.07. The first-order valence-electron chi connectivity index (χ1n) is 3.95. The van der Waals surface area contributed by atoms with Gasteiger partial charge in [0, 0.05) is 12.0 Å². The van der Waals surface area contributed by atoms with E-state index in [1.54, 1.807) is 11.3 Å². The lowest BCUT2D eigenvalue weighted by Crippen LogP contribution is -2.30. The zero-order valence-electron chi connectivity index (χ0n) is 7.13. The minimum absolute atomic E-state index is 0.194. The molecule has 1 heterocycles. The van der Waals surface area contributed by atoms with E-state index in [0.29, 0.717) is 0 Å². The number of thiophene rings is 1. The van der Waals surface area contributed by atoms with Crippen LogP contribution in [0.3, 0.4) is 0 Å². The highest BCUT2D eigenvalue weighted by Crippen LogP contribution is 2.27. The van der Waals surface area contributed by atoms with Gasteiger partial charge in [-0.15, -0.1) is 0 Å². The fraction of sp³-hybridized carbons (Fsp3) is 0.556. The average Bonchev–Trinajstić information content (AvgIpc) is 2.55. The molecule has 11 heavy (non-hydrogen) atoms. The summed E-state index contributed by atoms with van der Waals surface area (Å²) in [4.78, 5) is 0. The van der Waals surface area contributed by atoms with E-state index < -0.39 is 0 Å². The standard InChI is InChI=1S/C9H15NS/c1-3-9(2,7-10)8-4-5-11-6-8/h4-6H,3,7,10H2,1-2H3. The molecule has 1 aromatic rings. The SMILES string of the molecule is CCC(C)(CN)c1ccsc1. The Hall–Kier alpha value is -0.340. The minimum Gasteiger partial charge on any atom is -0.330 e. The van der Waals surface area contributed by atoms with E-state index in [1.807, 2.05) is 0 Å². The first-order valence-corrected chi connectivity index (χ1v) is 4.90. The second-order valence-electron chi connectivity index (χ2n) is 3.13. The Kier molecular flexibility index (Phi) is 2.68. The largest absolute Gasteiger partial charge is 0.330 e. The molecule has 0 saturated carbocycles. The van der Waals surface area contributed by atoms with Crippen molar-refractivity contribution in [1.29, 1.82) is 0 Å². The van der Waals surface area contributed by atoms with Crippen molar-refractivity contribution in [2.45, 2.75) is 25.7 Å². The summed E-state index contributed by atoms with van der Waals surface area (Å²) in [5.74, 6) is 0. The Bertz CT molecular complexity index is 199. The maximum atomic E-state index is 5.71. The molecule has 0 aliphatic rings. The molecule has 2 N–H and O–H groups in total. The Morgan fingerprint density at radius 2 is 2.36 bits per heavy atom. The van der Waals surface area contributed by atoms with Crippen LogP contribution in [0.1, 0.15) is 25.8 Å². The van der Waals surface area contributed by atoms with Crippen LogP contribution in [0.4, 0.5) is 0 Å². The van der Waals surface area contributed by atoms with E-state index in [1.165, 1.54) is 5.56 Å². The van der Waals surface area contributed by atoms with Gasteiger partial charge in [0.15, 0.2) is 0 Å². The van der Waals surface area contributed by atoms with Crippen LogP contribution < -0.4 is 5.73 Å². The molecule has 0 spiro atoms. The third kappa shape index (κ3) is 1.63.